The molecule has 0 fully saturated rings. The molecule has 28 heavy (non-hydrogen) atoms. The quantitative estimate of drug-likeness (QED) is 0.489. The number of hydrogen-bond acceptors (Lipinski definition) is 4. The largest absolute Gasteiger partial charge is 0.491 e. The number of rotatable bonds is 10. The Labute approximate surface area is 165 Å². The molecular formula is C22H26N2O4. The van der Waals surface area contributed by atoms with E-state index in [1.54, 1.807) is 20.1 Å². The topological polar surface area (TPSA) is 76.7 Å². The molecule has 0 aromatic heterocycles. The predicted octanol–water partition coefficient (Wildman–Crippen LogP) is 2.55. The minimum absolute atomic E-state index is 0.257. The van der Waals surface area contributed by atoms with Gasteiger partial charge in [0.05, 0.1) is 6.61 Å². The highest BCUT2D eigenvalue weighted by Gasteiger charge is 2.14. The maximum atomic E-state index is 12.2. The first-order valence-corrected chi connectivity index (χ1v) is 9.10. The van der Waals surface area contributed by atoms with Crippen molar-refractivity contribution < 1.29 is 19.1 Å². The van der Waals surface area contributed by atoms with Gasteiger partial charge < -0.3 is 20.1 Å². The van der Waals surface area contributed by atoms with Crippen LogP contribution >= 0.6 is 0 Å². The molecule has 0 saturated heterocycles. The summed E-state index contributed by atoms with van der Waals surface area (Å²) < 4.78 is 10.5. The normalized spacial score (nSPS) is 11.8. The second-order valence-electron chi connectivity index (χ2n) is 6.18. The van der Waals surface area contributed by atoms with E-state index in [0.29, 0.717) is 19.8 Å². The van der Waals surface area contributed by atoms with Crippen molar-refractivity contribution in [3.8, 4) is 5.75 Å². The summed E-state index contributed by atoms with van der Waals surface area (Å²) in [6.45, 7) is 2.97. The van der Waals surface area contributed by atoms with E-state index in [0.717, 1.165) is 16.9 Å². The molecule has 0 aliphatic rings. The zero-order valence-corrected chi connectivity index (χ0v) is 16.2. The standard InChI is InChI=1S/C22H26N2O4/c1-17(24-21(25)12-11-18-7-4-3-5-8-18)22(26)23-16-19-9-6-10-20(15-19)28-14-13-27-2/h3-12,15,17H,13-14,16H2,1-2H3,(H,23,26)(H,24,25). The molecule has 1 unspecified atom stereocenters. The van der Waals surface area contributed by atoms with Crippen molar-refractivity contribution >= 4 is 17.9 Å². The minimum Gasteiger partial charge on any atom is -0.491 e. The zero-order valence-electron chi connectivity index (χ0n) is 16.2. The Bertz CT molecular complexity index is 790. The highest BCUT2D eigenvalue weighted by molar-refractivity contribution is 5.95. The van der Waals surface area contributed by atoms with Gasteiger partial charge in [0.15, 0.2) is 0 Å². The molecule has 0 saturated carbocycles. The summed E-state index contributed by atoms with van der Waals surface area (Å²) in [7, 11) is 1.62. The Hall–Kier alpha value is -3.12. The van der Waals surface area contributed by atoms with Crippen LogP contribution in [0.15, 0.2) is 60.7 Å². The summed E-state index contributed by atoms with van der Waals surface area (Å²) in [5.41, 5.74) is 1.83. The van der Waals surface area contributed by atoms with E-state index in [9.17, 15) is 9.59 Å². The van der Waals surface area contributed by atoms with Crippen LogP contribution in [-0.2, 0) is 20.9 Å². The molecule has 0 heterocycles. The smallest absolute Gasteiger partial charge is 0.244 e. The number of carbonyl (C=O) groups excluding carboxylic acids is 2. The van der Waals surface area contributed by atoms with Crippen molar-refractivity contribution in [2.24, 2.45) is 0 Å². The summed E-state index contributed by atoms with van der Waals surface area (Å²) in [5.74, 6) is 0.142. The Morgan fingerprint density at radius 2 is 1.86 bits per heavy atom. The van der Waals surface area contributed by atoms with Gasteiger partial charge in [-0.3, -0.25) is 9.59 Å². The zero-order chi connectivity index (χ0) is 20.2. The Morgan fingerprint density at radius 1 is 1.07 bits per heavy atom. The highest BCUT2D eigenvalue weighted by atomic mass is 16.5. The SMILES string of the molecule is COCCOc1cccc(CNC(=O)C(C)NC(=O)C=Cc2ccccc2)c1. The molecule has 0 spiro atoms. The van der Waals surface area contributed by atoms with Crippen LogP contribution in [0.4, 0.5) is 0 Å². The van der Waals surface area contributed by atoms with Crippen molar-refractivity contribution in [2.45, 2.75) is 19.5 Å². The van der Waals surface area contributed by atoms with Gasteiger partial charge in [-0.05, 0) is 36.3 Å². The summed E-state index contributed by atoms with van der Waals surface area (Å²) in [6, 6.07) is 16.3. The molecule has 1 atom stereocenters. The van der Waals surface area contributed by atoms with E-state index in [2.05, 4.69) is 10.6 Å². The Balaban J connectivity index is 1.78. The molecule has 0 aliphatic heterocycles. The molecular weight excluding hydrogens is 356 g/mol. The number of nitrogens with one attached hydrogen (secondary N) is 2. The van der Waals surface area contributed by atoms with Gasteiger partial charge in [0.1, 0.15) is 18.4 Å². The number of hydrogen-bond donors (Lipinski definition) is 2. The molecule has 6 heteroatoms. The van der Waals surface area contributed by atoms with Crippen molar-refractivity contribution in [1.82, 2.24) is 10.6 Å². The van der Waals surface area contributed by atoms with Crippen molar-refractivity contribution in [3.05, 3.63) is 71.8 Å². The van der Waals surface area contributed by atoms with Crippen LogP contribution in [0.2, 0.25) is 0 Å². The van der Waals surface area contributed by atoms with Gasteiger partial charge in [-0.15, -0.1) is 0 Å². The first-order valence-electron chi connectivity index (χ1n) is 9.10. The number of carbonyl (C=O) groups is 2. The van der Waals surface area contributed by atoms with Gasteiger partial charge in [-0.2, -0.15) is 0 Å². The van der Waals surface area contributed by atoms with Gasteiger partial charge >= 0.3 is 0 Å². The molecule has 2 N–H and O–H groups in total. The molecule has 6 nitrogen and oxygen atoms in total. The number of methoxy groups -OCH3 is 1. The fraction of sp³-hybridized carbons (Fsp3) is 0.273. The van der Waals surface area contributed by atoms with Crippen molar-refractivity contribution in [2.75, 3.05) is 20.3 Å². The third-order valence-electron chi connectivity index (χ3n) is 3.90. The van der Waals surface area contributed by atoms with Gasteiger partial charge in [0.25, 0.3) is 0 Å². The fourth-order valence-corrected chi connectivity index (χ4v) is 2.39. The van der Waals surface area contributed by atoms with Crippen molar-refractivity contribution in [1.29, 1.82) is 0 Å². The second-order valence-corrected chi connectivity index (χ2v) is 6.18. The van der Waals surface area contributed by atoms with E-state index < -0.39 is 6.04 Å². The first-order chi connectivity index (χ1) is 13.6. The van der Waals surface area contributed by atoms with Gasteiger partial charge in [-0.1, -0.05) is 42.5 Å². The first kappa shape index (κ1) is 21.2. The maximum Gasteiger partial charge on any atom is 0.244 e. The van der Waals surface area contributed by atoms with Crippen LogP contribution in [0.25, 0.3) is 6.08 Å². The van der Waals surface area contributed by atoms with Gasteiger partial charge in [0.2, 0.25) is 11.8 Å². The number of benzene rings is 2. The summed E-state index contributed by atoms with van der Waals surface area (Å²) >= 11 is 0. The molecule has 2 aromatic carbocycles. The third kappa shape index (κ3) is 7.63. The number of amides is 2. The van der Waals surface area contributed by atoms with Crippen LogP contribution < -0.4 is 15.4 Å². The van der Waals surface area contributed by atoms with Crippen LogP contribution in [0.3, 0.4) is 0 Å². The molecule has 2 aromatic rings. The average Bonchev–Trinajstić information content (AvgIpc) is 2.72. The lowest BCUT2D eigenvalue weighted by Crippen LogP contribution is -2.44. The molecule has 148 valence electrons. The third-order valence-corrected chi connectivity index (χ3v) is 3.90. The molecule has 2 amide bonds. The van der Waals surface area contributed by atoms with Gasteiger partial charge in [-0.25, -0.2) is 0 Å². The monoisotopic (exact) mass is 382 g/mol. The van der Waals surface area contributed by atoms with Crippen LogP contribution in [0.5, 0.6) is 5.75 Å². The highest BCUT2D eigenvalue weighted by Crippen LogP contribution is 2.13. The maximum absolute atomic E-state index is 12.2. The lowest BCUT2D eigenvalue weighted by atomic mass is 10.2. The van der Waals surface area contributed by atoms with E-state index in [1.165, 1.54) is 6.08 Å². The number of ether oxygens (including phenoxy) is 2. The molecule has 2 rings (SSSR count). The van der Waals surface area contributed by atoms with Gasteiger partial charge in [0, 0.05) is 19.7 Å². The Kier molecular flexibility index (Phi) is 8.75. The summed E-state index contributed by atoms with van der Waals surface area (Å²) in [4.78, 5) is 24.2. The van der Waals surface area contributed by atoms with Crippen LogP contribution in [-0.4, -0.2) is 38.2 Å². The predicted molar refractivity (Wildman–Crippen MR) is 109 cm³/mol. The molecule has 0 radical (unpaired) electrons. The summed E-state index contributed by atoms with van der Waals surface area (Å²) in [5, 5.41) is 5.47. The Morgan fingerprint density at radius 3 is 2.61 bits per heavy atom. The van der Waals surface area contributed by atoms with Crippen molar-refractivity contribution in [3.63, 3.8) is 0 Å². The minimum atomic E-state index is -0.644. The van der Waals surface area contributed by atoms with E-state index in [4.69, 9.17) is 9.47 Å². The van der Waals surface area contributed by atoms with Crippen LogP contribution in [0, 0.1) is 0 Å². The molecule has 0 bridgehead atoms. The van der Waals surface area contributed by atoms with Crippen LogP contribution in [0.1, 0.15) is 18.1 Å². The summed E-state index contributed by atoms with van der Waals surface area (Å²) in [6.07, 6.45) is 3.12. The van der Waals surface area contributed by atoms with E-state index in [1.807, 2.05) is 54.6 Å². The lowest BCUT2D eigenvalue weighted by molar-refractivity contribution is -0.126. The van der Waals surface area contributed by atoms with E-state index >= 15 is 0 Å². The second kappa shape index (κ2) is 11.6. The lowest BCUT2D eigenvalue weighted by Gasteiger charge is -2.13. The van der Waals surface area contributed by atoms with E-state index in [-0.39, 0.29) is 11.8 Å². The fourth-order valence-electron chi connectivity index (χ4n) is 2.39. The molecule has 0 aliphatic carbocycles. The average molecular weight is 382 g/mol.